The van der Waals surface area contributed by atoms with E-state index in [1.807, 2.05) is 6.07 Å². The Bertz CT molecular complexity index is 488. The smallest absolute Gasteiger partial charge is 0.0410 e. The second kappa shape index (κ2) is 4.39. The van der Waals surface area contributed by atoms with E-state index in [1.54, 1.807) is 0 Å². The van der Waals surface area contributed by atoms with Crippen LogP contribution in [-0.2, 0) is 5.41 Å². The molecule has 0 atom stereocenters. The Labute approximate surface area is 120 Å². The third-order valence-corrected chi connectivity index (χ3v) is 5.43. The van der Waals surface area contributed by atoms with Crippen LogP contribution in [0.25, 0.3) is 0 Å². The number of hydrogen-bond acceptors (Lipinski definition) is 2. The molecule has 1 saturated carbocycles. The zero-order valence-corrected chi connectivity index (χ0v) is 12.0. The van der Waals surface area contributed by atoms with Crippen LogP contribution in [0, 0.1) is 5.92 Å². The number of likely N-dealkylation sites (tertiary alicyclic amines) is 1. The predicted octanol–water partition coefficient (Wildman–Crippen LogP) is 3.51. The topological polar surface area (TPSA) is 15.3 Å². The van der Waals surface area contributed by atoms with Crippen LogP contribution < -0.4 is 5.32 Å². The van der Waals surface area contributed by atoms with Crippen LogP contribution in [0.15, 0.2) is 18.2 Å². The van der Waals surface area contributed by atoms with Crippen LogP contribution in [0.4, 0.5) is 5.69 Å². The molecule has 1 aliphatic carbocycles. The minimum atomic E-state index is 0.348. The molecule has 2 aliphatic heterocycles. The quantitative estimate of drug-likeness (QED) is 0.889. The van der Waals surface area contributed by atoms with E-state index in [1.165, 1.54) is 56.6 Å². The van der Waals surface area contributed by atoms with Gasteiger partial charge in [-0.15, -0.1) is 0 Å². The van der Waals surface area contributed by atoms with Gasteiger partial charge in [-0.25, -0.2) is 0 Å². The van der Waals surface area contributed by atoms with Gasteiger partial charge in [-0.1, -0.05) is 11.6 Å². The van der Waals surface area contributed by atoms with E-state index in [0.29, 0.717) is 5.41 Å². The summed E-state index contributed by atoms with van der Waals surface area (Å²) in [6, 6.07) is 6.32. The normalized spacial score (nSPS) is 25.3. The fourth-order valence-electron chi connectivity index (χ4n) is 3.74. The number of rotatable bonds is 2. The van der Waals surface area contributed by atoms with Crippen LogP contribution >= 0.6 is 11.6 Å². The summed E-state index contributed by atoms with van der Waals surface area (Å²) in [6.45, 7) is 4.94. The molecule has 102 valence electrons. The van der Waals surface area contributed by atoms with Gasteiger partial charge in [-0.05, 0) is 68.5 Å². The lowest BCUT2D eigenvalue weighted by atomic mass is 9.74. The van der Waals surface area contributed by atoms with E-state index in [2.05, 4.69) is 22.3 Å². The molecule has 0 unspecified atom stereocenters. The second-order valence-corrected chi connectivity index (χ2v) is 7.00. The minimum absolute atomic E-state index is 0.348. The molecule has 0 radical (unpaired) electrons. The summed E-state index contributed by atoms with van der Waals surface area (Å²) in [6.07, 6.45) is 5.48. The first-order chi connectivity index (χ1) is 9.25. The molecule has 2 nitrogen and oxygen atoms in total. The standard InChI is InChI=1S/C16H21ClN2/c17-13-3-4-15-14(9-13)16(11-18-15)5-7-19(8-6-16)10-12-1-2-12/h3-4,9,12,18H,1-2,5-8,10-11H2. The first-order valence-corrected chi connectivity index (χ1v) is 7.89. The van der Waals surface area contributed by atoms with E-state index >= 15 is 0 Å². The fraction of sp³-hybridized carbons (Fsp3) is 0.625. The van der Waals surface area contributed by atoms with Gasteiger partial charge in [0.2, 0.25) is 0 Å². The van der Waals surface area contributed by atoms with Gasteiger partial charge in [0, 0.05) is 29.2 Å². The molecular weight excluding hydrogens is 256 g/mol. The Balaban J connectivity index is 1.52. The van der Waals surface area contributed by atoms with Gasteiger partial charge in [0.15, 0.2) is 0 Å². The van der Waals surface area contributed by atoms with Gasteiger partial charge in [-0.3, -0.25) is 0 Å². The number of anilines is 1. The summed E-state index contributed by atoms with van der Waals surface area (Å²) in [7, 11) is 0. The van der Waals surface area contributed by atoms with Crippen molar-refractivity contribution in [1.82, 2.24) is 4.90 Å². The summed E-state index contributed by atoms with van der Waals surface area (Å²) in [4.78, 5) is 2.67. The lowest BCUT2D eigenvalue weighted by Crippen LogP contribution is -2.44. The van der Waals surface area contributed by atoms with Crippen LogP contribution in [0.2, 0.25) is 5.02 Å². The molecule has 3 aliphatic rings. The monoisotopic (exact) mass is 276 g/mol. The lowest BCUT2D eigenvalue weighted by molar-refractivity contribution is 0.163. The number of hydrogen-bond donors (Lipinski definition) is 1. The zero-order chi connectivity index (χ0) is 12.9. The maximum absolute atomic E-state index is 6.19. The van der Waals surface area contributed by atoms with E-state index < -0.39 is 0 Å². The Morgan fingerprint density at radius 3 is 2.79 bits per heavy atom. The molecule has 1 spiro atoms. The molecule has 0 aromatic heterocycles. The van der Waals surface area contributed by atoms with Crippen molar-refractivity contribution in [3.8, 4) is 0 Å². The summed E-state index contributed by atoms with van der Waals surface area (Å²) >= 11 is 6.19. The van der Waals surface area contributed by atoms with Crippen molar-refractivity contribution in [2.24, 2.45) is 5.92 Å². The Morgan fingerprint density at radius 1 is 1.26 bits per heavy atom. The zero-order valence-electron chi connectivity index (χ0n) is 11.3. The van der Waals surface area contributed by atoms with Gasteiger partial charge in [0.05, 0.1) is 0 Å². The number of fused-ring (bicyclic) bond motifs is 2. The fourth-order valence-corrected chi connectivity index (χ4v) is 3.92. The molecule has 4 rings (SSSR count). The van der Waals surface area contributed by atoms with Crippen LogP contribution in [0.1, 0.15) is 31.2 Å². The van der Waals surface area contributed by atoms with Gasteiger partial charge >= 0.3 is 0 Å². The first kappa shape index (κ1) is 12.0. The predicted molar refractivity (Wildman–Crippen MR) is 80.0 cm³/mol. The van der Waals surface area contributed by atoms with Crippen molar-refractivity contribution < 1.29 is 0 Å². The molecule has 19 heavy (non-hydrogen) atoms. The minimum Gasteiger partial charge on any atom is -0.384 e. The Hall–Kier alpha value is -0.730. The maximum atomic E-state index is 6.19. The number of halogens is 1. The highest BCUT2D eigenvalue weighted by Crippen LogP contribution is 2.45. The van der Waals surface area contributed by atoms with Gasteiger partial charge < -0.3 is 10.2 Å². The van der Waals surface area contributed by atoms with E-state index in [4.69, 9.17) is 11.6 Å². The SMILES string of the molecule is Clc1ccc2c(c1)C1(CCN(CC3CC3)CC1)CN2. The lowest BCUT2D eigenvalue weighted by Gasteiger charge is -2.39. The van der Waals surface area contributed by atoms with Crippen molar-refractivity contribution in [3.63, 3.8) is 0 Å². The highest BCUT2D eigenvalue weighted by atomic mass is 35.5. The average Bonchev–Trinajstić information content (AvgIpc) is 3.17. The van der Waals surface area contributed by atoms with Gasteiger partial charge in [-0.2, -0.15) is 0 Å². The van der Waals surface area contributed by atoms with Crippen molar-refractivity contribution in [2.45, 2.75) is 31.1 Å². The molecule has 2 fully saturated rings. The molecule has 1 aromatic rings. The third-order valence-electron chi connectivity index (χ3n) is 5.20. The number of nitrogens with zero attached hydrogens (tertiary/aromatic N) is 1. The summed E-state index contributed by atoms with van der Waals surface area (Å²) in [5.74, 6) is 1.01. The first-order valence-electron chi connectivity index (χ1n) is 7.51. The molecule has 1 N–H and O–H groups in total. The molecule has 1 saturated heterocycles. The average molecular weight is 277 g/mol. The molecule has 2 heterocycles. The van der Waals surface area contributed by atoms with Crippen LogP contribution in [0.5, 0.6) is 0 Å². The second-order valence-electron chi connectivity index (χ2n) is 6.57. The van der Waals surface area contributed by atoms with Crippen molar-refractivity contribution >= 4 is 17.3 Å². The highest BCUT2D eigenvalue weighted by Gasteiger charge is 2.42. The van der Waals surface area contributed by atoms with Crippen molar-refractivity contribution in [2.75, 3.05) is 31.5 Å². The maximum Gasteiger partial charge on any atom is 0.0410 e. The molecule has 0 bridgehead atoms. The van der Waals surface area contributed by atoms with Crippen molar-refractivity contribution in [1.29, 1.82) is 0 Å². The summed E-state index contributed by atoms with van der Waals surface area (Å²) in [5, 5.41) is 4.46. The van der Waals surface area contributed by atoms with E-state index in [0.717, 1.165) is 17.5 Å². The van der Waals surface area contributed by atoms with Crippen LogP contribution in [-0.4, -0.2) is 31.1 Å². The van der Waals surface area contributed by atoms with E-state index in [9.17, 15) is 0 Å². The number of nitrogens with one attached hydrogen (secondary N) is 1. The van der Waals surface area contributed by atoms with Gasteiger partial charge in [0.1, 0.15) is 0 Å². The molecular formula is C16H21ClN2. The highest BCUT2D eigenvalue weighted by molar-refractivity contribution is 6.30. The number of piperidine rings is 1. The Morgan fingerprint density at radius 2 is 2.05 bits per heavy atom. The molecule has 0 amide bonds. The van der Waals surface area contributed by atoms with E-state index in [-0.39, 0.29) is 0 Å². The molecule has 3 heteroatoms. The molecule has 1 aromatic carbocycles. The largest absolute Gasteiger partial charge is 0.384 e. The number of benzene rings is 1. The Kier molecular flexibility index (Phi) is 2.78. The van der Waals surface area contributed by atoms with Crippen molar-refractivity contribution in [3.05, 3.63) is 28.8 Å². The summed E-state index contributed by atoms with van der Waals surface area (Å²) in [5.41, 5.74) is 3.12. The summed E-state index contributed by atoms with van der Waals surface area (Å²) < 4.78 is 0. The third kappa shape index (κ3) is 2.15. The van der Waals surface area contributed by atoms with Crippen LogP contribution in [0.3, 0.4) is 0 Å². The van der Waals surface area contributed by atoms with Gasteiger partial charge in [0.25, 0.3) is 0 Å².